The zero-order chi connectivity index (χ0) is 16.4. The molecule has 0 aromatic carbocycles. The Morgan fingerprint density at radius 1 is 1.35 bits per heavy atom. The number of rotatable bonds is 3. The number of aryl methyl sites for hydroxylation is 1. The topological polar surface area (TPSA) is 100 Å². The summed E-state index contributed by atoms with van der Waals surface area (Å²) < 4.78 is 1.54. The van der Waals surface area contributed by atoms with E-state index in [2.05, 4.69) is 15.4 Å². The van der Waals surface area contributed by atoms with E-state index in [9.17, 15) is 9.59 Å². The second kappa shape index (κ2) is 6.07. The Kier molecular flexibility index (Phi) is 3.96. The van der Waals surface area contributed by atoms with Gasteiger partial charge in [-0.15, -0.1) is 0 Å². The maximum Gasteiger partial charge on any atom is 0.323 e. The van der Waals surface area contributed by atoms with Crippen LogP contribution in [0.15, 0.2) is 30.6 Å². The Labute approximate surface area is 132 Å². The number of carboxylic acids is 1. The summed E-state index contributed by atoms with van der Waals surface area (Å²) in [5.41, 5.74) is 1.03. The van der Waals surface area contributed by atoms with Crippen molar-refractivity contribution in [2.24, 2.45) is 5.92 Å². The molecule has 2 amide bonds. The second-order valence-corrected chi connectivity index (χ2v) is 5.52. The summed E-state index contributed by atoms with van der Waals surface area (Å²) in [5.74, 6) is -0.264. The maximum absolute atomic E-state index is 12.3. The van der Waals surface area contributed by atoms with Gasteiger partial charge in [-0.05, 0) is 31.0 Å². The van der Waals surface area contributed by atoms with Crippen molar-refractivity contribution >= 4 is 17.8 Å². The van der Waals surface area contributed by atoms with Gasteiger partial charge in [-0.2, -0.15) is 9.78 Å². The first kappa shape index (κ1) is 15.0. The van der Waals surface area contributed by atoms with Crippen molar-refractivity contribution in [1.82, 2.24) is 19.7 Å². The van der Waals surface area contributed by atoms with Crippen LogP contribution in [0.5, 0.6) is 0 Å². The number of nitrogens with one attached hydrogen (secondary N) is 1. The van der Waals surface area contributed by atoms with Crippen molar-refractivity contribution in [3.8, 4) is 5.82 Å². The third-order valence-corrected chi connectivity index (χ3v) is 3.82. The first-order valence-corrected chi connectivity index (χ1v) is 7.30. The van der Waals surface area contributed by atoms with Crippen LogP contribution in [0.4, 0.5) is 10.6 Å². The highest BCUT2D eigenvalue weighted by Gasteiger charge is 2.31. The van der Waals surface area contributed by atoms with Crippen molar-refractivity contribution in [3.63, 3.8) is 0 Å². The summed E-state index contributed by atoms with van der Waals surface area (Å²) in [7, 11) is 0. The molecule has 1 fully saturated rings. The lowest BCUT2D eigenvalue weighted by Crippen LogP contribution is -2.34. The highest BCUT2D eigenvalue weighted by molar-refractivity contribution is 5.89. The number of carbonyl (C=O) groups excluding carboxylic acids is 1. The minimum atomic E-state index is -0.866. The lowest BCUT2D eigenvalue weighted by atomic mass is 10.1. The van der Waals surface area contributed by atoms with Crippen LogP contribution in [0.2, 0.25) is 0 Å². The van der Waals surface area contributed by atoms with Crippen LogP contribution in [0, 0.1) is 12.8 Å². The molecular formula is C15H17N5O3. The summed E-state index contributed by atoms with van der Waals surface area (Å²) in [5, 5.41) is 15.9. The zero-order valence-electron chi connectivity index (χ0n) is 12.6. The lowest BCUT2D eigenvalue weighted by molar-refractivity contribution is -0.141. The van der Waals surface area contributed by atoms with Crippen LogP contribution in [-0.2, 0) is 4.79 Å². The van der Waals surface area contributed by atoms with Gasteiger partial charge in [0.05, 0.1) is 12.1 Å². The van der Waals surface area contributed by atoms with E-state index in [1.807, 2.05) is 19.1 Å². The van der Waals surface area contributed by atoms with E-state index in [0.717, 1.165) is 5.56 Å². The van der Waals surface area contributed by atoms with Crippen molar-refractivity contribution in [3.05, 3.63) is 36.2 Å². The van der Waals surface area contributed by atoms with E-state index in [4.69, 9.17) is 5.11 Å². The number of hydrogen-bond acceptors (Lipinski definition) is 4. The summed E-state index contributed by atoms with van der Waals surface area (Å²) in [6.45, 7) is 2.60. The quantitative estimate of drug-likeness (QED) is 0.894. The minimum Gasteiger partial charge on any atom is -0.481 e. The van der Waals surface area contributed by atoms with Crippen molar-refractivity contribution in [2.75, 3.05) is 18.4 Å². The SMILES string of the molecule is Cc1ccnc(-n2nccc2NC(=O)N2CCC(C(=O)O)C2)c1. The van der Waals surface area contributed by atoms with Crippen molar-refractivity contribution in [1.29, 1.82) is 0 Å². The summed E-state index contributed by atoms with van der Waals surface area (Å²) in [4.78, 5) is 29.0. The number of hydrogen-bond donors (Lipinski definition) is 2. The van der Waals surface area contributed by atoms with E-state index in [-0.39, 0.29) is 12.6 Å². The molecule has 3 rings (SSSR count). The number of likely N-dealkylation sites (tertiary alicyclic amines) is 1. The van der Waals surface area contributed by atoms with Gasteiger partial charge in [0.2, 0.25) is 0 Å². The molecule has 0 aliphatic carbocycles. The molecule has 120 valence electrons. The van der Waals surface area contributed by atoms with Crippen LogP contribution in [-0.4, -0.2) is 49.9 Å². The van der Waals surface area contributed by atoms with Gasteiger partial charge < -0.3 is 10.0 Å². The van der Waals surface area contributed by atoms with Crippen LogP contribution in [0.1, 0.15) is 12.0 Å². The average molecular weight is 315 g/mol. The van der Waals surface area contributed by atoms with Gasteiger partial charge >= 0.3 is 12.0 Å². The molecule has 0 bridgehead atoms. The van der Waals surface area contributed by atoms with Crippen molar-refractivity contribution < 1.29 is 14.7 Å². The number of amides is 2. The van der Waals surface area contributed by atoms with E-state index in [1.54, 1.807) is 18.5 Å². The van der Waals surface area contributed by atoms with Gasteiger partial charge in [-0.3, -0.25) is 10.1 Å². The molecule has 1 aliphatic rings. The predicted octanol–water partition coefficient (Wildman–Crippen LogP) is 1.51. The Morgan fingerprint density at radius 3 is 2.87 bits per heavy atom. The molecule has 2 aromatic rings. The number of pyridine rings is 1. The number of aliphatic carboxylic acids is 1. The van der Waals surface area contributed by atoms with Crippen molar-refractivity contribution in [2.45, 2.75) is 13.3 Å². The Balaban J connectivity index is 1.73. The molecule has 0 radical (unpaired) electrons. The minimum absolute atomic E-state index is 0.220. The van der Waals surface area contributed by atoms with E-state index in [0.29, 0.717) is 24.6 Å². The number of anilines is 1. The molecule has 2 N–H and O–H groups in total. The smallest absolute Gasteiger partial charge is 0.323 e. The molecule has 23 heavy (non-hydrogen) atoms. The van der Waals surface area contributed by atoms with E-state index < -0.39 is 11.9 Å². The molecule has 1 aliphatic heterocycles. The van der Waals surface area contributed by atoms with Gasteiger partial charge in [0.25, 0.3) is 0 Å². The van der Waals surface area contributed by atoms with Gasteiger partial charge in [0, 0.05) is 25.4 Å². The number of carbonyl (C=O) groups is 2. The number of carboxylic acid groups (broad SMARTS) is 1. The molecule has 8 nitrogen and oxygen atoms in total. The Morgan fingerprint density at radius 2 is 2.17 bits per heavy atom. The normalized spacial score (nSPS) is 17.3. The second-order valence-electron chi connectivity index (χ2n) is 5.52. The summed E-state index contributed by atoms with van der Waals surface area (Å²) in [6, 6.07) is 5.08. The summed E-state index contributed by atoms with van der Waals surface area (Å²) in [6.07, 6.45) is 3.72. The first-order valence-electron chi connectivity index (χ1n) is 7.30. The third-order valence-electron chi connectivity index (χ3n) is 3.82. The molecule has 1 saturated heterocycles. The molecule has 0 saturated carbocycles. The maximum atomic E-state index is 12.3. The van der Waals surface area contributed by atoms with E-state index >= 15 is 0 Å². The average Bonchev–Trinajstić information content (AvgIpc) is 3.16. The van der Waals surface area contributed by atoms with Gasteiger partial charge in [0.1, 0.15) is 5.82 Å². The predicted molar refractivity (Wildman–Crippen MR) is 82.4 cm³/mol. The standard InChI is InChI=1S/C15H17N5O3/c1-10-2-5-16-13(8-10)20-12(3-6-17-20)18-15(23)19-7-4-11(9-19)14(21)22/h2-3,5-6,8,11H,4,7,9H2,1H3,(H,18,23)(H,21,22). The van der Waals surface area contributed by atoms with Gasteiger partial charge in [0.15, 0.2) is 5.82 Å². The first-order chi connectivity index (χ1) is 11.0. The largest absolute Gasteiger partial charge is 0.481 e. The number of nitrogens with zero attached hydrogens (tertiary/aromatic N) is 4. The Hall–Kier alpha value is -2.90. The van der Waals surface area contributed by atoms with Crippen LogP contribution in [0.25, 0.3) is 5.82 Å². The van der Waals surface area contributed by atoms with Crippen LogP contribution >= 0.6 is 0 Å². The van der Waals surface area contributed by atoms with E-state index in [1.165, 1.54) is 9.58 Å². The lowest BCUT2D eigenvalue weighted by Gasteiger charge is -2.17. The summed E-state index contributed by atoms with van der Waals surface area (Å²) >= 11 is 0. The number of aromatic nitrogens is 3. The third kappa shape index (κ3) is 3.15. The molecule has 8 heteroatoms. The molecular weight excluding hydrogens is 298 g/mol. The molecule has 3 heterocycles. The molecule has 1 unspecified atom stereocenters. The Bertz CT molecular complexity index is 742. The monoisotopic (exact) mass is 315 g/mol. The zero-order valence-corrected chi connectivity index (χ0v) is 12.6. The fourth-order valence-corrected chi connectivity index (χ4v) is 2.55. The highest BCUT2D eigenvalue weighted by Crippen LogP contribution is 2.19. The van der Waals surface area contributed by atoms with Gasteiger partial charge in [-0.1, -0.05) is 0 Å². The van der Waals surface area contributed by atoms with Crippen LogP contribution < -0.4 is 5.32 Å². The molecule has 2 aromatic heterocycles. The van der Waals surface area contributed by atoms with Crippen LogP contribution in [0.3, 0.4) is 0 Å². The fourth-order valence-electron chi connectivity index (χ4n) is 2.55. The fraction of sp³-hybridized carbons (Fsp3) is 0.333. The number of urea groups is 1. The molecule has 0 spiro atoms. The van der Waals surface area contributed by atoms with Gasteiger partial charge in [-0.25, -0.2) is 9.78 Å². The highest BCUT2D eigenvalue weighted by atomic mass is 16.4. The molecule has 1 atom stereocenters.